The Morgan fingerprint density at radius 2 is 1.86 bits per heavy atom. The van der Waals surface area contributed by atoms with E-state index in [0.717, 1.165) is 11.8 Å². The highest BCUT2D eigenvalue weighted by molar-refractivity contribution is 7.88. The second kappa shape index (κ2) is 7.56. The number of nitrogens with zero attached hydrogens (tertiary/aromatic N) is 1. The average Bonchev–Trinajstić information content (AvgIpc) is 2.44. The molecule has 0 aromatic heterocycles. The molecule has 1 amide bonds. The molecule has 2 atom stereocenters. The summed E-state index contributed by atoms with van der Waals surface area (Å²) in [6.07, 6.45) is 0.929. The van der Waals surface area contributed by atoms with E-state index in [-0.39, 0.29) is 0 Å². The van der Waals surface area contributed by atoms with Crippen molar-refractivity contribution in [1.82, 2.24) is 4.31 Å². The highest BCUT2D eigenvalue weighted by Gasteiger charge is 2.32. The molecule has 1 rings (SSSR count). The molecule has 22 heavy (non-hydrogen) atoms. The Labute approximate surface area is 132 Å². The van der Waals surface area contributed by atoms with Gasteiger partial charge in [0, 0.05) is 7.05 Å². The molecule has 0 aliphatic heterocycles. The number of aliphatic hydroxyl groups excluding tert-OH is 1. The first-order chi connectivity index (χ1) is 10.1. The van der Waals surface area contributed by atoms with Crippen LogP contribution in [0.1, 0.15) is 18.9 Å². The zero-order chi connectivity index (χ0) is 16.9. The van der Waals surface area contributed by atoms with Crippen LogP contribution in [0.4, 0.5) is 0 Å². The van der Waals surface area contributed by atoms with Gasteiger partial charge in [-0.15, -0.1) is 0 Å². The third-order valence-corrected chi connectivity index (χ3v) is 4.74. The normalized spacial score (nSPS) is 14.2. The van der Waals surface area contributed by atoms with Crippen molar-refractivity contribution >= 4 is 15.9 Å². The monoisotopic (exact) mass is 325 g/mol. The van der Waals surface area contributed by atoms with Crippen molar-refractivity contribution < 1.29 is 18.3 Å². The molecule has 0 saturated heterocycles. The van der Waals surface area contributed by atoms with Crippen molar-refractivity contribution in [1.29, 1.82) is 0 Å². The second-order valence-corrected chi connectivity index (χ2v) is 7.50. The molecule has 1 aromatic rings. The number of hydrogen-bond donors (Lipinski definition) is 1. The lowest BCUT2D eigenvalue weighted by Gasteiger charge is -2.26. The van der Waals surface area contributed by atoms with Crippen LogP contribution in [0.3, 0.4) is 0 Å². The van der Waals surface area contributed by atoms with Gasteiger partial charge < -0.3 is 5.11 Å². The van der Waals surface area contributed by atoms with Crippen molar-refractivity contribution in [2.75, 3.05) is 13.3 Å². The summed E-state index contributed by atoms with van der Waals surface area (Å²) in [6.45, 7) is 5.33. The van der Waals surface area contributed by atoms with Gasteiger partial charge in [0.1, 0.15) is 0 Å². The lowest BCUT2D eigenvalue weighted by Crippen LogP contribution is -2.42. The predicted molar refractivity (Wildman–Crippen MR) is 86.7 cm³/mol. The molecule has 5 nitrogen and oxygen atoms in total. The quantitative estimate of drug-likeness (QED) is 0.773. The molecule has 1 N–H and O–H groups in total. The molecule has 0 radical (unpaired) electrons. The lowest BCUT2D eigenvalue weighted by molar-refractivity contribution is -0.131. The predicted octanol–water partition coefficient (Wildman–Crippen LogP) is 1.59. The topological polar surface area (TPSA) is 74.7 Å². The molecular formula is C16H23NO4S. The third kappa shape index (κ3) is 4.96. The van der Waals surface area contributed by atoms with Gasteiger partial charge in [0.2, 0.25) is 15.9 Å². The fourth-order valence-corrected chi connectivity index (χ4v) is 2.63. The number of sulfonamides is 1. The van der Waals surface area contributed by atoms with Crippen molar-refractivity contribution in [2.45, 2.75) is 25.9 Å². The van der Waals surface area contributed by atoms with Crippen molar-refractivity contribution in [2.24, 2.45) is 5.92 Å². The van der Waals surface area contributed by atoms with Gasteiger partial charge in [-0.3, -0.25) is 4.79 Å². The van der Waals surface area contributed by atoms with Gasteiger partial charge in [-0.25, -0.2) is 12.7 Å². The summed E-state index contributed by atoms with van der Waals surface area (Å²) < 4.78 is 23.7. The Kier molecular flexibility index (Phi) is 6.32. The number of rotatable bonds is 7. The molecule has 0 heterocycles. The first-order valence-electron chi connectivity index (χ1n) is 6.99. The number of amides is 1. The van der Waals surface area contributed by atoms with Crippen LogP contribution in [0.2, 0.25) is 0 Å². The van der Waals surface area contributed by atoms with E-state index in [9.17, 15) is 18.3 Å². The van der Waals surface area contributed by atoms with E-state index < -0.39 is 28.0 Å². The smallest absolute Gasteiger partial charge is 0.245 e. The van der Waals surface area contributed by atoms with Crippen LogP contribution in [0.15, 0.2) is 42.5 Å². The van der Waals surface area contributed by atoms with Crippen LogP contribution < -0.4 is 0 Å². The summed E-state index contributed by atoms with van der Waals surface area (Å²) in [6, 6.07) is 9.59. The van der Waals surface area contributed by atoms with Gasteiger partial charge in [-0.2, -0.15) is 0 Å². The van der Waals surface area contributed by atoms with Crippen LogP contribution in [0.5, 0.6) is 0 Å². The number of carbonyl (C=O) groups is 1. The van der Waals surface area contributed by atoms with E-state index in [2.05, 4.69) is 6.58 Å². The number of aliphatic hydroxyl groups is 1. The van der Waals surface area contributed by atoms with E-state index in [1.54, 1.807) is 6.92 Å². The molecule has 6 heteroatoms. The van der Waals surface area contributed by atoms with E-state index >= 15 is 0 Å². The summed E-state index contributed by atoms with van der Waals surface area (Å²) in [4.78, 5) is 12.3. The van der Waals surface area contributed by atoms with Crippen LogP contribution in [-0.4, -0.2) is 43.1 Å². The van der Waals surface area contributed by atoms with Crippen LogP contribution >= 0.6 is 0 Å². The van der Waals surface area contributed by atoms with E-state index in [0.29, 0.717) is 22.7 Å². The SMILES string of the molecule is C=C(C)[C@@H](C(=O)N(C)S(C)(=O)=O)[C@H](O)CCc1ccccc1. The second-order valence-electron chi connectivity index (χ2n) is 5.48. The molecular weight excluding hydrogens is 302 g/mol. The highest BCUT2D eigenvalue weighted by atomic mass is 32.2. The largest absolute Gasteiger partial charge is 0.392 e. The maximum absolute atomic E-state index is 12.3. The minimum absolute atomic E-state index is 0.352. The van der Waals surface area contributed by atoms with Gasteiger partial charge in [-0.05, 0) is 25.3 Å². The van der Waals surface area contributed by atoms with Crippen molar-refractivity contribution in [3.63, 3.8) is 0 Å². The Hall–Kier alpha value is -1.66. The number of aryl methyl sites for hydroxylation is 1. The Balaban J connectivity index is 2.82. The zero-order valence-corrected chi connectivity index (χ0v) is 14.0. The molecule has 0 aliphatic carbocycles. The van der Waals surface area contributed by atoms with Crippen LogP contribution in [0.25, 0.3) is 0 Å². The molecule has 1 aromatic carbocycles. The van der Waals surface area contributed by atoms with E-state index in [4.69, 9.17) is 0 Å². The molecule has 0 bridgehead atoms. The Morgan fingerprint density at radius 3 is 2.32 bits per heavy atom. The highest BCUT2D eigenvalue weighted by Crippen LogP contribution is 2.21. The number of benzene rings is 1. The molecule has 0 unspecified atom stereocenters. The fraction of sp³-hybridized carbons (Fsp3) is 0.438. The number of hydrogen-bond acceptors (Lipinski definition) is 4. The minimum atomic E-state index is -3.65. The minimum Gasteiger partial charge on any atom is -0.392 e. The fourth-order valence-electron chi connectivity index (χ4n) is 2.19. The lowest BCUT2D eigenvalue weighted by atomic mass is 9.90. The molecule has 0 fully saturated rings. The third-order valence-electron chi connectivity index (χ3n) is 3.56. The summed E-state index contributed by atoms with van der Waals surface area (Å²) in [5, 5.41) is 10.3. The van der Waals surface area contributed by atoms with Gasteiger partial charge in [0.15, 0.2) is 0 Å². The summed E-state index contributed by atoms with van der Waals surface area (Å²) in [5.41, 5.74) is 1.49. The standard InChI is InChI=1S/C16H23NO4S/c1-12(2)15(16(19)17(3)22(4,20)21)14(18)11-10-13-8-6-5-7-9-13/h5-9,14-15,18H,1,10-11H2,2-4H3/t14-,15-/m1/s1. The van der Waals surface area contributed by atoms with Crippen molar-refractivity contribution in [3.8, 4) is 0 Å². The molecule has 0 spiro atoms. The molecule has 0 saturated carbocycles. The van der Waals surface area contributed by atoms with E-state index in [1.807, 2.05) is 30.3 Å². The Morgan fingerprint density at radius 1 is 1.32 bits per heavy atom. The Bertz CT molecular complexity index is 625. The molecule has 0 aliphatic rings. The number of carbonyl (C=O) groups excluding carboxylic acids is 1. The first kappa shape index (κ1) is 18.4. The maximum Gasteiger partial charge on any atom is 0.245 e. The summed E-state index contributed by atoms with van der Waals surface area (Å²) >= 11 is 0. The first-order valence-corrected chi connectivity index (χ1v) is 8.84. The zero-order valence-electron chi connectivity index (χ0n) is 13.2. The van der Waals surface area contributed by atoms with Gasteiger partial charge in [0.25, 0.3) is 0 Å². The van der Waals surface area contributed by atoms with Crippen molar-refractivity contribution in [3.05, 3.63) is 48.0 Å². The maximum atomic E-state index is 12.3. The average molecular weight is 325 g/mol. The van der Waals surface area contributed by atoms with Crippen LogP contribution in [0, 0.1) is 5.92 Å². The van der Waals surface area contributed by atoms with Gasteiger partial charge >= 0.3 is 0 Å². The molecule has 122 valence electrons. The summed E-state index contributed by atoms with van der Waals surface area (Å²) in [5.74, 6) is -1.58. The van der Waals surface area contributed by atoms with Gasteiger partial charge in [0.05, 0.1) is 18.3 Å². The van der Waals surface area contributed by atoms with Gasteiger partial charge in [-0.1, -0.05) is 42.5 Å². The van der Waals surface area contributed by atoms with Crippen LogP contribution in [-0.2, 0) is 21.2 Å². The summed E-state index contributed by atoms with van der Waals surface area (Å²) in [7, 11) is -2.46. The van der Waals surface area contributed by atoms with E-state index in [1.165, 1.54) is 7.05 Å².